The van der Waals surface area contributed by atoms with E-state index >= 15 is 0 Å². The number of hydrogen-bond donors (Lipinski definition) is 0. The van der Waals surface area contributed by atoms with E-state index in [0.29, 0.717) is 0 Å². The molecule has 1 heterocycles. The van der Waals surface area contributed by atoms with Crippen LogP contribution in [0.15, 0.2) is 16.8 Å². The first-order valence-electron chi connectivity index (χ1n) is 3.14. The molecule has 0 amide bonds. The largest absolute Gasteiger partial charge is 0.493 e. The van der Waals surface area contributed by atoms with Gasteiger partial charge in [0.15, 0.2) is 0 Å². The quantitative estimate of drug-likeness (QED) is 0.561. The lowest BCUT2D eigenvalue weighted by molar-refractivity contribution is 0.320. The molecule has 0 aliphatic rings. The molecule has 1 aromatic heterocycles. The fraction of sp³-hybridized carbons (Fsp3) is 0.429. The number of ether oxygens (including phenoxy) is 1. The summed E-state index contributed by atoms with van der Waals surface area (Å²) in [5, 5.41) is 5.04. The van der Waals surface area contributed by atoms with Gasteiger partial charge in [0.2, 0.25) is 0 Å². The zero-order valence-electron chi connectivity index (χ0n) is 5.55. The molecule has 0 spiro atoms. The molecule has 0 aliphatic heterocycles. The van der Waals surface area contributed by atoms with Crippen molar-refractivity contribution >= 4 is 27.3 Å². The molecule has 0 radical (unpaired) electrons. The summed E-state index contributed by atoms with van der Waals surface area (Å²) >= 11 is 5.00. The van der Waals surface area contributed by atoms with Crippen LogP contribution in [0.3, 0.4) is 0 Å². The van der Waals surface area contributed by atoms with E-state index in [1.165, 1.54) is 0 Å². The molecule has 0 aliphatic carbocycles. The average molecular weight is 221 g/mol. The second kappa shape index (κ2) is 4.74. The van der Waals surface area contributed by atoms with Gasteiger partial charge in [-0.25, -0.2) is 0 Å². The maximum atomic E-state index is 5.37. The van der Waals surface area contributed by atoms with E-state index < -0.39 is 0 Å². The SMILES string of the molecule is BrCCCOc1ccsc1. The molecule has 0 unspecified atom stereocenters. The molecule has 3 heteroatoms. The molecule has 0 bridgehead atoms. The van der Waals surface area contributed by atoms with Gasteiger partial charge in [-0.3, -0.25) is 0 Å². The maximum Gasteiger partial charge on any atom is 0.129 e. The number of alkyl halides is 1. The molecule has 0 N–H and O–H groups in total. The molecule has 56 valence electrons. The molecule has 0 saturated heterocycles. The van der Waals surface area contributed by atoms with Crippen LogP contribution in [-0.2, 0) is 0 Å². The summed E-state index contributed by atoms with van der Waals surface area (Å²) < 4.78 is 5.37. The number of hydrogen-bond acceptors (Lipinski definition) is 2. The van der Waals surface area contributed by atoms with Crippen LogP contribution in [-0.4, -0.2) is 11.9 Å². The molecular weight excluding hydrogens is 212 g/mol. The zero-order valence-corrected chi connectivity index (χ0v) is 7.95. The molecule has 1 nitrogen and oxygen atoms in total. The summed E-state index contributed by atoms with van der Waals surface area (Å²) in [7, 11) is 0. The molecule has 10 heavy (non-hydrogen) atoms. The maximum absolute atomic E-state index is 5.37. The first kappa shape index (κ1) is 8.08. The minimum Gasteiger partial charge on any atom is -0.493 e. The molecule has 0 fully saturated rings. The Bertz CT molecular complexity index is 162. The lowest BCUT2D eigenvalue weighted by Gasteiger charge is -1.99. The second-order valence-electron chi connectivity index (χ2n) is 1.85. The summed E-state index contributed by atoms with van der Waals surface area (Å²) in [6.07, 6.45) is 1.07. The predicted octanol–water partition coefficient (Wildman–Crippen LogP) is 2.91. The Morgan fingerprint density at radius 3 is 3.10 bits per heavy atom. The van der Waals surface area contributed by atoms with Gasteiger partial charge in [-0.1, -0.05) is 15.9 Å². The van der Waals surface area contributed by atoms with Gasteiger partial charge in [0.25, 0.3) is 0 Å². The van der Waals surface area contributed by atoms with Crippen molar-refractivity contribution in [1.29, 1.82) is 0 Å². The van der Waals surface area contributed by atoms with E-state index in [1.807, 2.05) is 16.8 Å². The highest BCUT2D eigenvalue weighted by molar-refractivity contribution is 9.09. The van der Waals surface area contributed by atoms with Gasteiger partial charge in [-0.05, 0) is 17.9 Å². The topological polar surface area (TPSA) is 9.23 Å². The molecule has 0 saturated carbocycles. The Morgan fingerprint density at radius 1 is 1.60 bits per heavy atom. The third kappa shape index (κ3) is 2.71. The first-order valence-corrected chi connectivity index (χ1v) is 5.21. The number of thiophene rings is 1. The van der Waals surface area contributed by atoms with Crippen LogP contribution >= 0.6 is 27.3 Å². The van der Waals surface area contributed by atoms with Crippen molar-refractivity contribution in [3.05, 3.63) is 16.8 Å². The van der Waals surface area contributed by atoms with Crippen LogP contribution < -0.4 is 4.74 Å². The highest BCUT2D eigenvalue weighted by Crippen LogP contribution is 2.14. The van der Waals surface area contributed by atoms with Crippen molar-refractivity contribution in [3.8, 4) is 5.75 Å². The normalized spacial score (nSPS) is 9.70. The molecule has 1 rings (SSSR count). The first-order chi connectivity index (χ1) is 4.93. The Kier molecular flexibility index (Phi) is 3.83. The van der Waals surface area contributed by atoms with E-state index in [9.17, 15) is 0 Å². The Hall–Kier alpha value is -0.0200. The predicted molar refractivity (Wildman–Crippen MR) is 48.2 cm³/mol. The van der Waals surface area contributed by atoms with Crippen molar-refractivity contribution in [1.82, 2.24) is 0 Å². The summed E-state index contributed by atoms with van der Waals surface area (Å²) in [4.78, 5) is 0. The van der Waals surface area contributed by atoms with Crippen LogP contribution in [0.5, 0.6) is 5.75 Å². The Morgan fingerprint density at radius 2 is 2.50 bits per heavy atom. The summed E-state index contributed by atoms with van der Waals surface area (Å²) in [5.74, 6) is 0.992. The summed E-state index contributed by atoms with van der Waals surface area (Å²) in [6.45, 7) is 0.808. The van der Waals surface area contributed by atoms with Gasteiger partial charge in [-0.2, -0.15) is 0 Å². The monoisotopic (exact) mass is 220 g/mol. The van der Waals surface area contributed by atoms with Crippen molar-refractivity contribution in [3.63, 3.8) is 0 Å². The van der Waals surface area contributed by atoms with Gasteiger partial charge in [0.1, 0.15) is 5.75 Å². The Labute approximate surface area is 73.1 Å². The van der Waals surface area contributed by atoms with E-state index in [-0.39, 0.29) is 0 Å². The van der Waals surface area contributed by atoms with E-state index in [1.54, 1.807) is 11.3 Å². The number of rotatable bonds is 4. The minimum absolute atomic E-state index is 0.808. The highest BCUT2D eigenvalue weighted by atomic mass is 79.9. The van der Waals surface area contributed by atoms with Crippen LogP contribution in [0.2, 0.25) is 0 Å². The number of halogens is 1. The molecule has 1 aromatic rings. The highest BCUT2D eigenvalue weighted by Gasteiger charge is 1.90. The van der Waals surface area contributed by atoms with Gasteiger partial charge in [-0.15, -0.1) is 11.3 Å². The average Bonchev–Trinajstić information content (AvgIpc) is 2.41. The van der Waals surface area contributed by atoms with Crippen LogP contribution in [0.4, 0.5) is 0 Å². The lowest BCUT2D eigenvalue weighted by Crippen LogP contribution is -1.95. The second-order valence-corrected chi connectivity index (χ2v) is 3.42. The molecule has 0 aromatic carbocycles. The van der Waals surface area contributed by atoms with E-state index in [2.05, 4.69) is 15.9 Å². The Balaban J connectivity index is 2.15. The zero-order chi connectivity index (χ0) is 7.23. The fourth-order valence-corrected chi connectivity index (χ4v) is 1.38. The standard InChI is InChI=1S/C7H9BrOS/c8-3-1-4-9-7-2-5-10-6-7/h2,5-6H,1,3-4H2. The van der Waals surface area contributed by atoms with Crippen molar-refractivity contribution in [2.45, 2.75) is 6.42 Å². The third-order valence-electron chi connectivity index (χ3n) is 1.04. The smallest absolute Gasteiger partial charge is 0.129 e. The van der Waals surface area contributed by atoms with Gasteiger partial charge >= 0.3 is 0 Å². The lowest BCUT2D eigenvalue weighted by atomic mass is 10.5. The van der Waals surface area contributed by atoms with E-state index in [0.717, 1.165) is 24.1 Å². The van der Waals surface area contributed by atoms with Crippen LogP contribution in [0.25, 0.3) is 0 Å². The summed E-state index contributed by atoms with van der Waals surface area (Å²) in [5.41, 5.74) is 0. The van der Waals surface area contributed by atoms with Crippen LogP contribution in [0.1, 0.15) is 6.42 Å². The van der Waals surface area contributed by atoms with Crippen LogP contribution in [0, 0.1) is 0 Å². The third-order valence-corrected chi connectivity index (χ3v) is 2.26. The van der Waals surface area contributed by atoms with Crippen molar-refractivity contribution < 1.29 is 4.74 Å². The molecular formula is C7H9BrOS. The summed E-state index contributed by atoms with van der Waals surface area (Å²) in [6, 6.07) is 1.99. The van der Waals surface area contributed by atoms with Gasteiger partial charge in [0.05, 0.1) is 6.61 Å². The van der Waals surface area contributed by atoms with Crippen molar-refractivity contribution in [2.24, 2.45) is 0 Å². The molecule has 0 atom stereocenters. The van der Waals surface area contributed by atoms with Gasteiger partial charge < -0.3 is 4.74 Å². The fourth-order valence-electron chi connectivity index (χ4n) is 0.579. The minimum atomic E-state index is 0.808. The van der Waals surface area contributed by atoms with Crippen molar-refractivity contribution in [2.75, 3.05) is 11.9 Å². The van der Waals surface area contributed by atoms with E-state index in [4.69, 9.17) is 4.74 Å². The van der Waals surface area contributed by atoms with Gasteiger partial charge in [0, 0.05) is 10.7 Å².